The lowest BCUT2D eigenvalue weighted by atomic mass is 10.2. The van der Waals surface area contributed by atoms with Gasteiger partial charge in [0.15, 0.2) is 0 Å². The molecule has 2 aromatic carbocycles. The molecule has 2 rings (SSSR count). The first-order chi connectivity index (χ1) is 11.8. The summed E-state index contributed by atoms with van der Waals surface area (Å²) >= 11 is 0. The van der Waals surface area contributed by atoms with Gasteiger partial charge in [-0.15, -0.1) is 0 Å². The number of benzene rings is 2. The Bertz CT molecular complexity index is 884. The predicted molar refractivity (Wildman–Crippen MR) is 98.8 cm³/mol. The molecule has 0 bridgehead atoms. The molecule has 0 aliphatic carbocycles. The van der Waals surface area contributed by atoms with Gasteiger partial charge in [0.25, 0.3) is 10.0 Å². The average Bonchev–Trinajstić information content (AvgIpc) is 2.54. The van der Waals surface area contributed by atoms with E-state index in [1.54, 1.807) is 56.3 Å². The molecule has 0 spiro atoms. The van der Waals surface area contributed by atoms with Gasteiger partial charge in [-0.2, -0.15) is 0 Å². The smallest absolute Gasteiger partial charge is 0.330 e. The zero-order valence-corrected chi connectivity index (χ0v) is 15.3. The van der Waals surface area contributed by atoms with Gasteiger partial charge in [-0.3, -0.25) is 4.72 Å². The number of aryl methyl sites for hydroxylation is 2. The largest absolute Gasteiger partial charge is 0.463 e. The van der Waals surface area contributed by atoms with Gasteiger partial charge in [0, 0.05) is 11.8 Å². The number of rotatable bonds is 6. The molecule has 0 aliphatic heterocycles. The Hall–Kier alpha value is -2.60. The molecule has 5 nitrogen and oxygen atoms in total. The maximum atomic E-state index is 12.5. The Morgan fingerprint density at radius 2 is 1.80 bits per heavy atom. The summed E-state index contributed by atoms with van der Waals surface area (Å²) in [5, 5.41) is 0. The van der Waals surface area contributed by atoms with Crippen LogP contribution < -0.4 is 4.72 Å². The third kappa shape index (κ3) is 5.19. The topological polar surface area (TPSA) is 72.5 Å². The number of hydrogen-bond acceptors (Lipinski definition) is 4. The Morgan fingerprint density at radius 1 is 1.12 bits per heavy atom. The number of anilines is 1. The van der Waals surface area contributed by atoms with Crippen LogP contribution in [0.4, 0.5) is 5.69 Å². The van der Waals surface area contributed by atoms with E-state index < -0.39 is 16.0 Å². The molecule has 6 heteroatoms. The summed E-state index contributed by atoms with van der Waals surface area (Å²) in [6.45, 7) is 5.74. The molecule has 0 saturated heterocycles. The SMILES string of the molecule is CCOC(=O)/C=C/c1ccc(NS(=O)(=O)c2ccc(C)cc2C)cc1. The van der Waals surface area contributed by atoms with E-state index in [0.717, 1.165) is 11.1 Å². The highest BCUT2D eigenvalue weighted by atomic mass is 32.2. The second kappa shape index (κ2) is 7.98. The first kappa shape index (κ1) is 18.7. The number of carbonyl (C=O) groups excluding carboxylic acids is 1. The number of nitrogens with one attached hydrogen (secondary N) is 1. The standard InChI is InChI=1S/C19H21NO4S/c1-4-24-19(21)12-8-16-6-9-17(10-7-16)20-25(22,23)18-11-5-14(2)13-15(18)3/h5-13,20H,4H2,1-3H3/b12-8+. The first-order valence-electron chi connectivity index (χ1n) is 7.87. The molecule has 0 heterocycles. The zero-order chi connectivity index (χ0) is 18.4. The van der Waals surface area contributed by atoms with E-state index >= 15 is 0 Å². The highest BCUT2D eigenvalue weighted by molar-refractivity contribution is 7.92. The number of carbonyl (C=O) groups is 1. The van der Waals surface area contributed by atoms with Gasteiger partial charge in [-0.05, 0) is 56.2 Å². The van der Waals surface area contributed by atoms with E-state index in [-0.39, 0.29) is 4.90 Å². The summed E-state index contributed by atoms with van der Waals surface area (Å²) < 4.78 is 32.4. The van der Waals surface area contributed by atoms with Crippen LogP contribution in [-0.2, 0) is 19.6 Å². The van der Waals surface area contributed by atoms with Crippen molar-refractivity contribution in [2.45, 2.75) is 25.7 Å². The van der Waals surface area contributed by atoms with Crippen LogP contribution in [0.15, 0.2) is 53.4 Å². The van der Waals surface area contributed by atoms with Crippen LogP contribution >= 0.6 is 0 Å². The van der Waals surface area contributed by atoms with E-state index in [1.165, 1.54) is 6.08 Å². The van der Waals surface area contributed by atoms with Crippen molar-refractivity contribution in [2.75, 3.05) is 11.3 Å². The molecule has 0 saturated carbocycles. The predicted octanol–water partition coefficient (Wildman–Crippen LogP) is 3.68. The summed E-state index contributed by atoms with van der Waals surface area (Å²) in [4.78, 5) is 11.5. The number of ether oxygens (including phenoxy) is 1. The fourth-order valence-corrected chi connectivity index (χ4v) is 3.61. The molecule has 0 aliphatic rings. The van der Waals surface area contributed by atoms with Crippen LogP contribution in [0.2, 0.25) is 0 Å². The molecule has 0 aromatic heterocycles. The van der Waals surface area contributed by atoms with Crippen LogP contribution in [0.1, 0.15) is 23.6 Å². The summed E-state index contributed by atoms with van der Waals surface area (Å²) in [6, 6.07) is 11.9. The second-order valence-electron chi connectivity index (χ2n) is 5.58. The van der Waals surface area contributed by atoms with E-state index in [4.69, 9.17) is 4.74 Å². The van der Waals surface area contributed by atoms with Crippen molar-refractivity contribution in [3.05, 3.63) is 65.2 Å². The molecule has 0 amide bonds. The van der Waals surface area contributed by atoms with Crippen LogP contribution in [0.5, 0.6) is 0 Å². The lowest BCUT2D eigenvalue weighted by Crippen LogP contribution is -2.14. The van der Waals surface area contributed by atoms with E-state index in [9.17, 15) is 13.2 Å². The van der Waals surface area contributed by atoms with Gasteiger partial charge in [0.2, 0.25) is 0 Å². The highest BCUT2D eigenvalue weighted by Gasteiger charge is 2.16. The molecule has 0 radical (unpaired) electrons. The van der Waals surface area contributed by atoms with E-state index in [2.05, 4.69) is 4.72 Å². The Kier molecular flexibility index (Phi) is 5.98. The van der Waals surface area contributed by atoms with Crippen molar-refractivity contribution in [1.29, 1.82) is 0 Å². The average molecular weight is 359 g/mol. The fraction of sp³-hybridized carbons (Fsp3) is 0.211. The minimum Gasteiger partial charge on any atom is -0.463 e. The van der Waals surface area contributed by atoms with Crippen molar-refractivity contribution >= 4 is 27.8 Å². The second-order valence-corrected chi connectivity index (χ2v) is 7.23. The number of sulfonamides is 1. The Morgan fingerprint density at radius 3 is 2.40 bits per heavy atom. The number of hydrogen-bond donors (Lipinski definition) is 1. The normalized spacial score (nSPS) is 11.5. The molecule has 0 fully saturated rings. The third-order valence-electron chi connectivity index (χ3n) is 3.48. The van der Waals surface area contributed by atoms with Gasteiger partial charge in [0.05, 0.1) is 11.5 Å². The maximum Gasteiger partial charge on any atom is 0.330 e. The van der Waals surface area contributed by atoms with Crippen molar-refractivity contribution in [1.82, 2.24) is 0 Å². The monoisotopic (exact) mass is 359 g/mol. The van der Waals surface area contributed by atoms with Gasteiger partial charge >= 0.3 is 5.97 Å². The van der Waals surface area contributed by atoms with Crippen molar-refractivity contribution in [2.24, 2.45) is 0 Å². The van der Waals surface area contributed by atoms with E-state index in [1.807, 2.05) is 13.0 Å². The molecular weight excluding hydrogens is 338 g/mol. The molecule has 132 valence electrons. The van der Waals surface area contributed by atoms with Gasteiger partial charge < -0.3 is 4.74 Å². The van der Waals surface area contributed by atoms with Crippen molar-refractivity contribution in [3.8, 4) is 0 Å². The van der Waals surface area contributed by atoms with Crippen LogP contribution in [0.3, 0.4) is 0 Å². The quantitative estimate of drug-likeness (QED) is 0.631. The lowest BCUT2D eigenvalue weighted by Gasteiger charge is -2.11. The van der Waals surface area contributed by atoms with Crippen LogP contribution in [0.25, 0.3) is 6.08 Å². The first-order valence-corrected chi connectivity index (χ1v) is 9.35. The fourth-order valence-electron chi connectivity index (χ4n) is 2.33. The van der Waals surface area contributed by atoms with Crippen molar-refractivity contribution in [3.63, 3.8) is 0 Å². The maximum absolute atomic E-state index is 12.5. The highest BCUT2D eigenvalue weighted by Crippen LogP contribution is 2.21. The molecule has 2 aromatic rings. The molecule has 25 heavy (non-hydrogen) atoms. The molecule has 1 N–H and O–H groups in total. The summed E-state index contributed by atoms with van der Waals surface area (Å²) in [5.74, 6) is -0.415. The van der Waals surface area contributed by atoms with Gasteiger partial charge in [0.1, 0.15) is 0 Å². The Labute approximate surface area is 148 Å². The van der Waals surface area contributed by atoms with Crippen LogP contribution in [0, 0.1) is 13.8 Å². The minimum atomic E-state index is -3.65. The van der Waals surface area contributed by atoms with Gasteiger partial charge in [-0.25, -0.2) is 13.2 Å². The summed E-state index contributed by atoms with van der Waals surface area (Å²) in [7, 11) is -3.65. The summed E-state index contributed by atoms with van der Waals surface area (Å²) in [6.07, 6.45) is 2.94. The Balaban J connectivity index is 2.13. The third-order valence-corrected chi connectivity index (χ3v) is 5.02. The molecule has 0 unspecified atom stereocenters. The minimum absolute atomic E-state index is 0.254. The molecular formula is C19H21NO4S. The van der Waals surface area contributed by atoms with E-state index in [0.29, 0.717) is 17.9 Å². The van der Waals surface area contributed by atoms with Gasteiger partial charge in [-0.1, -0.05) is 29.8 Å². The zero-order valence-electron chi connectivity index (χ0n) is 14.4. The van der Waals surface area contributed by atoms with Crippen molar-refractivity contribution < 1.29 is 17.9 Å². The summed E-state index contributed by atoms with van der Waals surface area (Å²) in [5.41, 5.74) is 2.92. The number of esters is 1. The molecule has 0 atom stereocenters. The van der Waals surface area contributed by atoms with Crippen LogP contribution in [-0.4, -0.2) is 21.0 Å². The lowest BCUT2D eigenvalue weighted by molar-refractivity contribution is -0.137.